The molecule has 1 atom stereocenters. The number of nitrogens with one attached hydrogen (secondary N) is 1. The summed E-state index contributed by atoms with van der Waals surface area (Å²) in [6, 6.07) is 7.10. The van der Waals surface area contributed by atoms with Gasteiger partial charge in [0.25, 0.3) is 0 Å². The van der Waals surface area contributed by atoms with Crippen molar-refractivity contribution >= 4 is 28.6 Å². The second kappa shape index (κ2) is 8.06. The predicted octanol–water partition coefficient (Wildman–Crippen LogP) is 1.15. The summed E-state index contributed by atoms with van der Waals surface area (Å²) in [6.45, 7) is 0. The maximum atomic E-state index is 11.4. The van der Waals surface area contributed by atoms with Crippen LogP contribution >= 0.6 is 0 Å². The summed E-state index contributed by atoms with van der Waals surface area (Å²) in [4.78, 5) is 25.2. The van der Waals surface area contributed by atoms with Gasteiger partial charge in [-0.05, 0) is 11.6 Å². The van der Waals surface area contributed by atoms with Crippen LogP contribution in [-0.4, -0.2) is 48.8 Å². The van der Waals surface area contributed by atoms with Crippen molar-refractivity contribution in [1.82, 2.24) is 17.3 Å². The molecule has 10 heteroatoms. The van der Waals surface area contributed by atoms with E-state index in [2.05, 4.69) is 10.1 Å². The Balaban J connectivity index is 0.00000264. The monoisotopic (exact) mass is 340 g/mol. The van der Waals surface area contributed by atoms with Gasteiger partial charge in [-0.3, -0.25) is 0 Å². The number of rotatable bonds is 6. The van der Waals surface area contributed by atoms with Crippen LogP contribution in [0.25, 0.3) is 10.9 Å². The van der Waals surface area contributed by atoms with E-state index in [4.69, 9.17) is 10.3 Å². The standard InChI is InChI=1S/C14H14N2O6.2H3N/c17-12(18)11(16-22)6-14(21,13(19)20)5-8-7-15-10-4-2-1-3-9(8)10;;/h1-4,7,15,21-22H,5-6H2,(H,17,18)(H,19,20);2*1H3. The first kappa shape index (κ1) is 21.0. The molecule has 0 aliphatic carbocycles. The fraction of sp³-hybridized carbons (Fsp3) is 0.214. The summed E-state index contributed by atoms with van der Waals surface area (Å²) in [5.74, 6) is -3.19. The first-order chi connectivity index (χ1) is 10.4. The maximum absolute atomic E-state index is 11.4. The number of benzene rings is 1. The van der Waals surface area contributed by atoms with E-state index in [0.717, 1.165) is 10.9 Å². The lowest BCUT2D eigenvalue weighted by atomic mass is 9.89. The van der Waals surface area contributed by atoms with Gasteiger partial charge in [-0.25, -0.2) is 9.59 Å². The molecule has 0 amide bonds. The number of para-hydroxylation sites is 1. The van der Waals surface area contributed by atoms with Crippen molar-refractivity contribution in [3.05, 3.63) is 36.0 Å². The molecule has 132 valence electrons. The van der Waals surface area contributed by atoms with Crippen LogP contribution in [0.1, 0.15) is 12.0 Å². The molecule has 11 N–H and O–H groups in total. The number of aromatic nitrogens is 1. The number of carboxylic acid groups (broad SMARTS) is 2. The molecule has 10 nitrogen and oxygen atoms in total. The number of hydrogen-bond donors (Lipinski definition) is 7. The Morgan fingerprint density at radius 2 is 1.79 bits per heavy atom. The zero-order valence-electron chi connectivity index (χ0n) is 12.8. The first-order valence-corrected chi connectivity index (χ1v) is 6.32. The van der Waals surface area contributed by atoms with Gasteiger partial charge >= 0.3 is 11.9 Å². The van der Waals surface area contributed by atoms with E-state index in [9.17, 15) is 19.8 Å². The number of fused-ring (bicyclic) bond motifs is 1. The minimum Gasteiger partial charge on any atom is -0.479 e. The van der Waals surface area contributed by atoms with Crippen molar-refractivity contribution in [3.8, 4) is 0 Å². The summed E-state index contributed by atoms with van der Waals surface area (Å²) in [5.41, 5.74) is -1.95. The van der Waals surface area contributed by atoms with Crippen LogP contribution in [0.3, 0.4) is 0 Å². The highest BCUT2D eigenvalue weighted by Gasteiger charge is 2.40. The Hall–Kier alpha value is -2.95. The van der Waals surface area contributed by atoms with Crippen LogP contribution in [0.5, 0.6) is 0 Å². The van der Waals surface area contributed by atoms with E-state index in [-0.39, 0.29) is 18.7 Å². The minimum atomic E-state index is -2.40. The normalized spacial score (nSPS) is 13.5. The average molecular weight is 340 g/mol. The Morgan fingerprint density at radius 1 is 1.17 bits per heavy atom. The fourth-order valence-corrected chi connectivity index (χ4v) is 2.24. The topological polar surface area (TPSA) is 213 Å². The van der Waals surface area contributed by atoms with Crippen LogP contribution in [0.15, 0.2) is 35.6 Å². The van der Waals surface area contributed by atoms with Crippen molar-refractivity contribution < 1.29 is 30.1 Å². The lowest BCUT2D eigenvalue weighted by molar-refractivity contribution is -0.157. The van der Waals surface area contributed by atoms with Gasteiger partial charge in [0, 0.05) is 29.9 Å². The van der Waals surface area contributed by atoms with Crippen molar-refractivity contribution in [1.29, 1.82) is 0 Å². The highest BCUT2D eigenvalue weighted by Crippen LogP contribution is 2.25. The molecule has 1 aromatic carbocycles. The van der Waals surface area contributed by atoms with Crippen molar-refractivity contribution in [2.75, 3.05) is 0 Å². The second-order valence-corrected chi connectivity index (χ2v) is 4.90. The number of carbonyl (C=O) groups is 2. The van der Waals surface area contributed by atoms with Crippen LogP contribution in [-0.2, 0) is 16.0 Å². The van der Waals surface area contributed by atoms with Crippen LogP contribution < -0.4 is 12.3 Å². The number of nitrogens with zero attached hydrogens (tertiary/aromatic N) is 1. The number of hydrogen-bond acceptors (Lipinski definition) is 7. The zero-order valence-corrected chi connectivity index (χ0v) is 12.8. The minimum absolute atomic E-state index is 0. The molecular weight excluding hydrogens is 320 g/mol. The van der Waals surface area contributed by atoms with Gasteiger partial charge in [0.1, 0.15) is 0 Å². The first-order valence-electron chi connectivity index (χ1n) is 6.32. The van der Waals surface area contributed by atoms with E-state index in [1.165, 1.54) is 0 Å². The smallest absolute Gasteiger partial charge is 0.353 e. The van der Waals surface area contributed by atoms with Gasteiger partial charge in [-0.1, -0.05) is 23.4 Å². The molecular formula is C14H20N4O6. The Labute approximate surface area is 136 Å². The van der Waals surface area contributed by atoms with Crippen molar-refractivity contribution in [3.63, 3.8) is 0 Å². The summed E-state index contributed by atoms with van der Waals surface area (Å²) in [6.07, 6.45) is 0.390. The lowest BCUT2D eigenvalue weighted by Crippen LogP contribution is -2.44. The molecule has 24 heavy (non-hydrogen) atoms. The highest BCUT2D eigenvalue weighted by molar-refractivity contribution is 6.36. The SMILES string of the molecule is N.N.O=C(O)C(CC(O)(Cc1c[nH]c2ccccc12)C(=O)O)=NO. The van der Waals surface area contributed by atoms with Gasteiger partial charge < -0.3 is 37.8 Å². The zero-order chi connectivity index (χ0) is 16.3. The molecule has 0 aliphatic rings. The quantitative estimate of drug-likeness (QED) is 0.229. The molecule has 0 saturated heterocycles. The third kappa shape index (κ3) is 4.07. The molecule has 0 fully saturated rings. The molecule has 1 heterocycles. The number of aromatic amines is 1. The van der Waals surface area contributed by atoms with Gasteiger partial charge in [0.15, 0.2) is 11.3 Å². The molecule has 2 rings (SSSR count). The van der Waals surface area contributed by atoms with E-state index in [1.807, 2.05) is 0 Å². The second-order valence-electron chi connectivity index (χ2n) is 4.90. The molecule has 1 unspecified atom stereocenters. The summed E-state index contributed by atoms with van der Waals surface area (Å²) in [7, 11) is 0. The van der Waals surface area contributed by atoms with E-state index in [0.29, 0.717) is 5.56 Å². The Kier molecular flexibility index (Phi) is 7.07. The summed E-state index contributed by atoms with van der Waals surface area (Å²) >= 11 is 0. The number of aliphatic carboxylic acids is 2. The van der Waals surface area contributed by atoms with Crippen LogP contribution in [0.2, 0.25) is 0 Å². The molecule has 0 saturated carbocycles. The summed E-state index contributed by atoms with van der Waals surface area (Å²) in [5, 5.41) is 40.2. The number of oxime groups is 1. The molecule has 0 bridgehead atoms. The maximum Gasteiger partial charge on any atom is 0.353 e. The van der Waals surface area contributed by atoms with E-state index < -0.39 is 29.7 Å². The largest absolute Gasteiger partial charge is 0.479 e. The number of H-pyrrole nitrogens is 1. The molecule has 0 radical (unpaired) electrons. The van der Waals surface area contributed by atoms with Crippen LogP contribution in [0.4, 0.5) is 0 Å². The van der Waals surface area contributed by atoms with Gasteiger partial charge in [0.05, 0.1) is 0 Å². The van der Waals surface area contributed by atoms with Gasteiger partial charge in [0.2, 0.25) is 0 Å². The van der Waals surface area contributed by atoms with Gasteiger partial charge in [-0.15, -0.1) is 0 Å². The Bertz CT molecular complexity index is 757. The molecule has 1 aromatic heterocycles. The number of carboxylic acids is 2. The summed E-state index contributed by atoms with van der Waals surface area (Å²) < 4.78 is 0. The fourth-order valence-electron chi connectivity index (χ4n) is 2.24. The third-order valence-corrected chi connectivity index (χ3v) is 3.38. The lowest BCUT2D eigenvalue weighted by Gasteiger charge is -2.22. The molecule has 0 spiro atoms. The predicted molar refractivity (Wildman–Crippen MR) is 86.1 cm³/mol. The molecule has 0 aliphatic heterocycles. The Morgan fingerprint density at radius 3 is 2.33 bits per heavy atom. The molecule has 2 aromatic rings. The third-order valence-electron chi connectivity index (χ3n) is 3.38. The van der Waals surface area contributed by atoms with Crippen LogP contribution in [0, 0.1) is 0 Å². The van der Waals surface area contributed by atoms with E-state index in [1.54, 1.807) is 30.5 Å². The van der Waals surface area contributed by atoms with Gasteiger partial charge in [-0.2, -0.15) is 0 Å². The average Bonchev–Trinajstić information content (AvgIpc) is 2.87. The van der Waals surface area contributed by atoms with Crippen molar-refractivity contribution in [2.24, 2.45) is 5.16 Å². The van der Waals surface area contributed by atoms with Crippen molar-refractivity contribution in [2.45, 2.75) is 18.4 Å². The highest BCUT2D eigenvalue weighted by atomic mass is 16.4. The number of aliphatic hydroxyl groups is 1. The van der Waals surface area contributed by atoms with E-state index >= 15 is 0 Å².